The van der Waals surface area contributed by atoms with Crippen molar-refractivity contribution >= 4 is 9.84 Å². The molecule has 0 atom stereocenters. The molecule has 0 unspecified atom stereocenters. The van der Waals surface area contributed by atoms with Gasteiger partial charge >= 0.3 is 0 Å². The predicted molar refractivity (Wildman–Crippen MR) is 77.6 cm³/mol. The smallest absolute Gasteiger partial charge is 0.187 e. The van der Waals surface area contributed by atoms with Crippen molar-refractivity contribution in [2.45, 2.75) is 4.90 Å². The predicted octanol–water partition coefficient (Wildman–Crippen LogP) is 2.01. The third kappa shape index (κ3) is 2.95. The zero-order valence-corrected chi connectivity index (χ0v) is 12.6. The molecular formula is C14H10F2N4O2S. The van der Waals surface area contributed by atoms with E-state index in [4.69, 9.17) is 0 Å². The summed E-state index contributed by atoms with van der Waals surface area (Å²) >= 11 is 0. The van der Waals surface area contributed by atoms with Gasteiger partial charge in [-0.05, 0) is 52.9 Å². The molecule has 0 spiro atoms. The number of sulfone groups is 1. The van der Waals surface area contributed by atoms with Crippen molar-refractivity contribution in [1.29, 1.82) is 0 Å². The van der Waals surface area contributed by atoms with E-state index in [0.717, 1.165) is 18.4 Å². The molecule has 0 saturated heterocycles. The lowest BCUT2D eigenvalue weighted by molar-refractivity contribution is 0.509. The molecule has 0 amide bonds. The maximum absolute atomic E-state index is 13.4. The van der Waals surface area contributed by atoms with Crippen molar-refractivity contribution < 1.29 is 17.2 Å². The van der Waals surface area contributed by atoms with Crippen LogP contribution in [0.1, 0.15) is 0 Å². The summed E-state index contributed by atoms with van der Waals surface area (Å²) in [5.41, 5.74) is 0.781. The molecule has 9 heteroatoms. The Kier molecular flexibility index (Phi) is 3.64. The van der Waals surface area contributed by atoms with Gasteiger partial charge in [-0.1, -0.05) is 0 Å². The van der Waals surface area contributed by atoms with Gasteiger partial charge in [-0.15, -0.1) is 5.10 Å². The van der Waals surface area contributed by atoms with Crippen molar-refractivity contribution in [1.82, 2.24) is 20.2 Å². The monoisotopic (exact) mass is 336 g/mol. The van der Waals surface area contributed by atoms with E-state index in [1.54, 1.807) is 0 Å². The highest BCUT2D eigenvalue weighted by Crippen LogP contribution is 2.22. The summed E-state index contributed by atoms with van der Waals surface area (Å²) in [7, 11) is -3.31. The Labute approximate surface area is 130 Å². The van der Waals surface area contributed by atoms with Crippen LogP contribution in [0.25, 0.3) is 17.1 Å². The third-order valence-corrected chi connectivity index (χ3v) is 4.29. The number of tetrazole rings is 1. The van der Waals surface area contributed by atoms with Crippen LogP contribution in [-0.4, -0.2) is 34.9 Å². The van der Waals surface area contributed by atoms with Gasteiger partial charge in [0.25, 0.3) is 0 Å². The molecule has 3 rings (SSSR count). The molecule has 0 aliphatic carbocycles. The average molecular weight is 336 g/mol. The van der Waals surface area contributed by atoms with Gasteiger partial charge in [0.1, 0.15) is 0 Å². The van der Waals surface area contributed by atoms with Gasteiger partial charge in [-0.25, -0.2) is 17.2 Å². The van der Waals surface area contributed by atoms with E-state index in [1.165, 1.54) is 35.0 Å². The first-order valence-corrected chi connectivity index (χ1v) is 8.30. The first-order chi connectivity index (χ1) is 10.9. The fourth-order valence-electron chi connectivity index (χ4n) is 2.01. The van der Waals surface area contributed by atoms with Gasteiger partial charge < -0.3 is 0 Å². The zero-order chi connectivity index (χ0) is 16.6. The molecule has 118 valence electrons. The standard InChI is InChI=1S/C14H10F2N4O2S/c1-23(21,22)11-5-3-10(4-6-11)20-14(17-18-19-20)9-2-7-12(15)13(16)8-9/h2-8H,1H3. The summed E-state index contributed by atoms with van der Waals surface area (Å²) in [5, 5.41) is 11.1. The van der Waals surface area contributed by atoms with Gasteiger partial charge in [0.2, 0.25) is 0 Å². The molecule has 0 saturated carbocycles. The van der Waals surface area contributed by atoms with Gasteiger partial charge in [-0.2, -0.15) is 4.68 Å². The minimum atomic E-state index is -3.31. The fraction of sp³-hybridized carbons (Fsp3) is 0.0714. The van der Waals surface area contributed by atoms with Gasteiger partial charge in [0.05, 0.1) is 10.6 Å². The SMILES string of the molecule is CS(=O)(=O)c1ccc(-n2nnnc2-c2ccc(F)c(F)c2)cc1. The van der Waals surface area contributed by atoms with E-state index in [-0.39, 0.29) is 10.7 Å². The highest BCUT2D eigenvalue weighted by molar-refractivity contribution is 7.90. The quantitative estimate of drug-likeness (QED) is 0.731. The molecule has 0 N–H and O–H groups in total. The number of benzene rings is 2. The van der Waals surface area contributed by atoms with Crippen LogP contribution in [0.4, 0.5) is 8.78 Å². The number of nitrogens with zero attached hydrogens (tertiary/aromatic N) is 4. The van der Waals surface area contributed by atoms with Crippen LogP contribution < -0.4 is 0 Å². The summed E-state index contributed by atoms with van der Waals surface area (Å²) < 4.78 is 50.6. The van der Waals surface area contributed by atoms with Crippen molar-refractivity contribution in [3.05, 3.63) is 54.1 Å². The largest absolute Gasteiger partial charge is 0.224 e. The summed E-state index contributed by atoms with van der Waals surface area (Å²) in [6.07, 6.45) is 1.10. The number of hydrogen-bond donors (Lipinski definition) is 0. The number of aromatic nitrogens is 4. The minimum Gasteiger partial charge on any atom is -0.224 e. The summed E-state index contributed by atoms with van der Waals surface area (Å²) in [6, 6.07) is 9.21. The van der Waals surface area contributed by atoms with E-state index in [1.807, 2.05) is 0 Å². The second-order valence-electron chi connectivity index (χ2n) is 4.81. The van der Waals surface area contributed by atoms with Crippen molar-refractivity contribution in [2.75, 3.05) is 6.26 Å². The Morgan fingerprint density at radius 1 is 1.00 bits per heavy atom. The lowest BCUT2D eigenvalue weighted by Crippen LogP contribution is -2.02. The normalized spacial score (nSPS) is 11.6. The van der Waals surface area contributed by atoms with Crippen LogP contribution >= 0.6 is 0 Å². The molecule has 6 nitrogen and oxygen atoms in total. The molecule has 0 fully saturated rings. The average Bonchev–Trinajstić information content (AvgIpc) is 2.99. The molecule has 23 heavy (non-hydrogen) atoms. The molecule has 0 aliphatic rings. The Bertz CT molecular complexity index is 969. The van der Waals surface area contributed by atoms with Crippen LogP contribution in [0, 0.1) is 11.6 Å². The lowest BCUT2D eigenvalue weighted by atomic mass is 10.2. The van der Waals surface area contributed by atoms with Gasteiger partial charge in [-0.3, -0.25) is 0 Å². The van der Waals surface area contributed by atoms with E-state index in [9.17, 15) is 17.2 Å². The van der Waals surface area contributed by atoms with Crippen LogP contribution in [0.2, 0.25) is 0 Å². The molecule has 0 aliphatic heterocycles. The molecule has 0 radical (unpaired) electrons. The Morgan fingerprint density at radius 3 is 2.30 bits per heavy atom. The molecule has 2 aromatic carbocycles. The second kappa shape index (κ2) is 5.51. The lowest BCUT2D eigenvalue weighted by Gasteiger charge is -2.06. The van der Waals surface area contributed by atoms with Crippen LogP contribution in [0.5, 0.6) is 0 Å². The van der Waals surface area contributed by atoms with E-state index < -0.39 is 21.5 Å². The van der Waals surface area contributed by atoms with Crippen molar-refractivity contribution in [2.24, 2.45) is 0 Å². The Balaban J connectivity index is 2.05. The van der Waals surface area contributed by atoms with E-state index >= 15 is 0 Å². The van der Waals surface area contributed by atoms with Crippen molar-refractivity contribution in [3.8, 4) is 17.1 Å². The fourth-order valence-corrected chi connectivity index (χ4v) is 2.64. The molecule has 0 bridgehead atoms. The second-order valence-corrected chi connectivity index (χ2v) is 6.82. The van der Waals surface area contributed by atoms with Crippen LogP contribution in [0.3, 0.4) is 0 Å². The van der Waals surface area contributed by atoms with Crippen LogP contribution in [-0.2, 0) is 9.84 Å². The van der Waals surface area contributed by atoms with E-state index in [2.05, 4.69) is 15.5 Å². The Hall–Kier alpha value is -2.68. The Morgan fingerprint density at radius 2 is 1.70 bits per heavy atom. The molecule has 3 aromatic rings. The van der Waals surface area contributed by atoms with Crippen LogP contribution in [0.15, 0.2) is 47.4 Å². The van der Waals surface area contributed by atoms with Gasteiger partial charge in [0, 0.05) is 11.8 Å². The summed E-state index contributed by atoms with van der Waals surface area (Å²) in [4.78, 5) is 0.156. The van der Waals surface area contributed by atoms with Crippen molar-refractivity contribution in [3.63, 3.8) is 0 Å². The first kappa shape index (κ1) is 15.2. The minimum absolute atomic E-state index is 0.156. The number of rotatable bonds is 3. The van der Waals surface area contributed by atoms with E-state index in [0.29, 0.717) is 11.3 Å². The summed E-state index contributed by atoms with van der Waals surface area (Å²) in [5.74, 6) is -1.77. The highest BCUT2D eigenvalue weighted by atomic mass is 32.2. The topological polar surface area (TPSA) is 77.7 Å². The number of halogens is 2. The molecule has 1 heterocycles. The highest BCUT2D eigenvalue weighted by Gasteiger charge is 2.14. The molecular weight excluding hydrogens is 326 g/mol. The zero-order valence-electron chi connectivity index (χ0n) is 11.8. The summed E-state index contributed by atoms with van der Waals surface area (Å²) in [6.45, 7) is 0. The number of hydrogen-bond acceptors (Lipinski definition) is 5. The maximum atomic E-state index is 13.4. The molecule has 1 aromatic heterocycles. The maximum Gasteiger partial charge on any atom is 0.187 e. The van der Waals surface area contributed by atoms with Gasteiger partial charge in [0.15, 0.2) is 27.3 Å². The first-order valence-electron chi connectivity index (χ1n) is 6.40. The third-order valence-electron chi connectivity index (χ3n) is 3.16.